The van der Waals surface area contributed by atoms with Crippen LogP contribution in [0.15, 0.2) is 36.4 Å². The molecule has 7 heteroatoms. The number of quaternary nitrogens is 1. The number of ether oxygens (including phenoxy) is 3. The number of carbonyl (C=O) groups is 1. The van der Waals surface area contributed by atoms with Gasteiger partial charge in [0.2, 0.25) is 5.91 Å². The predicted octanol–water partition coefficient (Wildman–Crippen LogP) is 1.68. The normalized spacial score (nSPS) is 19.0. The van der Waals surface area contributed by atoms with Gasteiger partial charge in [-0.2, -0.15) is 0 Å². The maximum Gasteiger partial charge on any atom is 0.246 e. The van der Waals surface area contributed by atoms with Gasteiger partial charge >= 0.3 is 0 Å². The van der Waals surface area contributed by atoms with Crippen LogP contribution in [0.5, 0.6) is 11.5 Å². The first-order chi connectivity index (χ1) is 14.5. The van der Waals surface area contributed by atoms with Crippen LogP contribution in [0.4, 0.5) is 4.39 Å². The lowest BCUT2D eigenvalue weighted by Crippen LogP contribution is -3.13. The van der Waals surface area contributed by atoms with Crippen molar-refractivity contribution in [2.24, 2.45) is 0 Å². The Morgan fingerprint density at radius 1 is 1.20 bits per heavy atom. The summed E-state index contributed by atoms with van der Waals surface area (Å²) in [5.74, 6) is 0.938. The molecule has 3 atom stereocenters. The van der Waals surface area contributed by atoms with Crippen LogP contribution < -0.4 is 19.7 Å². The molecule has 0 spiro atoms. The largest absolute Gasteiger partial charge is 0.493 e. The smallest absolute Gasteiger partial charge is 0.246 e. The molecule has 3 rings (SSSR count). The van der Waals surface area contributed by atoms with Gasteiger partial charge in [0.25, 0.3) is 0 Å². The molecule has 0 saturated carbocycles. The molecule has 1 aliphatic heterocycles. The molecule has 0 aromatic heterocycles. The zero-order valence-electron chi connectivity index (χ0n) is 18.0. The van der Waals surface area contributed by atoms with E-state index in [0.29, 0.717) is 23.6 Å². The van der Waals surface area contributed by atoms with Crippen LogP contribution in [-0.2, 0) is 22.5 Å². The fourth-order valence-electron chi connectivity index (χ4n) is 4.33. The van der Waals surface area contributed by atoms with Gasteiger partial charge in [0, 0.05) is 24.7 Å². The van der Waals surface area contributed by atoms with Crippen molar-refractivity contribution in [1.82, 2.24) is 5.32 Å². The van der Waals surface area contributed by atoms with Crippen LogP contribution in [0.25, 0.3) is 0 Å². The Morgan fingerprint density at radius 2 is 1.90 bits per heavy atom. The predicted molar refractivity (Wildman–Crippen MR) is 111 cm³/mol. The molecule has 0 aliphatic carbocycles. The van der Waals surface area contributed by atoms with Crippen molar-refractivity contribution >= 4 is 5.91 Å². The van der Waals surface area contributed by atoms with Crippen LogP contribution in [0.1, 0.15) is 29.7 Å². The second-order valence-corrected chi connectivity index (χ2v) is 7.60. The number of rotatable bonds is 8. The quantitative estimate of drug-likeness (QED) is 0.686. The second-order valence-electron chi connectivity index (χ2n) is 7.60. The highest BCUT2D eigenvalue weighted by Gasteiger charge is 2.37. The van der Waals surface area contributed by atoms with E-state index in [1.165, 1.54) is 18.1 Å². The van der Waals surface area contributed by atoms with Gasteiger partial charge < -0.3 is 24.4 Å². The molecule has 1 amide bonds. The Hall–Kier alpha value is -2.64. The first-order valence-electron chi connectivity index (χ1n) is 10.1. The molecule has 0 radical (unpaired) electrons. The molecule has 0 bridgehead atoms. The van der Waals surface area contributed by atoms with E-state index >= 15 is 0 Å². The minimum atomic E-state index is -0.210. The van der Waals surface area contributed by atoms with Gasteiger partial charge in [-0.3, -0.25) is 4.79 Å². The molecule has 1 heterocycles. The van der Waals surface area contributed by atoms with Crippen molar-refractivity contribution in [3.8, 4) is 11.5 Å². The van der Waals surface area contributed by atoms with E-state index in [2.05, 4.69) is 5.32 Å². The molecule has 162 valence electrons. The van der Waals surface area contributed by atoms with Crippen molar-refractivity contribution in [2.45, 2.75) is 32.0 Å². The zero-order valence-corrected chi connectivity index (χ0v) is 18.0. The number of fused-ring (bicyclic) bond motifs is 1. The van der Waals surface area contributed by atoms with Crippen molar-refractivity contribution in [3.05, 3.63) is 58.9 Å². The summed E-state index contributed by atoms with van der Waals surface area (Å²) in [5.41, 5.74) is 2.90. The number of hydrogen-bond acceptors (Lipinski definition) is 4. The fourth-order valence-corrected chi connectivity index (χ4v) is 4.33. The highest BCUT2D eigenvalue weighted by molar-refractivity contribution is 5.77. The Bertz CT molecular complexity index is 890. The molecule has 2 aromatic carbocycles. The Balaban J connectivity index is 1.99. The number of halogens is 1. The van der Waals surface area contributed by atoms with Gasteiger partial charge in [0.05, 0.1) is 26.8 Å². The summed E-state index contributed by atoms with van der Waals surface area (Å²) in [6.45, 7) is 3.31. The van der Waals surface area contributed by atoms with Gasteiger partial charge in [-0.15, -0.1) is 0 Å². The molecular formula is C23H30FN2O4+. The van der Waals surface area contributed by atoms with Crippen LogP contribution in [-0.4, -0.2) is 46.4 Å². The van der Waals surface area contributed by atoms with E-state index in [1.807, 2.05) is 31.2 Å². The third-order valence-corrected chi connectivity index (χ3v) is 5.68. The SMILES string of the molecule is COCC(=O)N[C@@H](C)[C@H]1c2cc(OC)c(OC)cc2CC[NH+]1Cc1ccccc1F. The minimum Gasteiger partial charge on any atom is -0.493 e. The summed E-state index contributed by atoms with van der Waals surface area (Å²) < 4.78 is 30.3. The minimum absolute atomic E-state index is 0.00149. The topological polar surface area (TPSA) is 61.2 Å². The van der Waals surface area contributed by atoms with Crippen LogP contribution in [0, 0.1) is 5.82 Å². The Kier molecular flexibility index (Phi) is 7.29. The van der Waals surface area contributed by atoms with Crippen molar-refractivity contribution in [2.75, 3.05) is 34.5 Å². The highest BCUT2D eigenvalue weighted by Crippen LogP contribution is 2.35. The second kappa shape index (κ2) is 9.91. The van der Waals surface area contributed by atoms with E-state index in [4.69, 9.17) is 14.2 Å². The van der Waals surface area contributed by atoms with Crippen molar-refractivity contribution < 1.29 is 28.3 Å². The van der Waals surface area contributed by atoms with Gasteiger partial charge in [-0.1, -0.05) is 18.2 Å². The average Bonchev–Trinajstić information content (AvgIpc) is 2.74. The Labute approximate surface area is 176 Å². The highest BCUT2D eigenvalue weighted by atomic mass is 19.1. The van der Waals surface area contributed by atoms with E-state index < -0.39 is 0 Å². The number of benzene rings is 2. The van der Waals surface area contributed by atoms with Gasteiger partial charge in [0.15, 0.2) is 11.5 Å². The van der Waals surface area contributed by atoms with Gasteiger partial charge in [-0.05, 0) is 30.7 Å². The van der Waals surface area contributed by atoms with Gasteiger partial charge in [0.1, 0.15) is 25.0 Å². The molecule has 1 aliphatic rings. The molecule has 0 saturated heterocycles. The summed E-state index contributed by atoms with van der Waals surface area (Å²) in [4.78, 5) is 13.4. The fraction of sp³-hybridized carbons (Fsp3) is 0.435. The van der Waals surface area contributed by atoms with Crippen LogP contribution in [0.2, 0.25) is 0 Å². The summed E-state index contributed by atoms with van der Waals surface area (Å²) in [6.07, 6.45) is 0.828. The number of nitrogens with one attached hydrogen (secondary N) is 2. The third-order valence-electron chi connectivity index (χ3n) is 5.68. The van der Waals surface area contributed by atoms with Crippen LogP contribution in [0.3, 0.4) is 0 Å². The van der Waals surface area contributed by atoms with E-state index in [-0.39, 0.29) is 30.4 Å². The molecule has 0 fully saturated rings. The number of methoxy groups -OCH3 is 3. The lowest BCUT2D eigenvalue weighted by Gasteiger charge is -2.38. The number of carbonyl (C=O) groups excluding carboxylic acids is 1. The molecule has 2 N–H and O–H groups in total. The molecule has 30 heavy (non-hydrogen) atoms. The van der Waals surface area contributed by atoms with E-state index in [0.717, 1.165) is 24.1 Å². The van der Waals surface area contributed by atoms with Crippen molar-refractivity contribution in [3.63, 3.8) is 0 Å². The summed E-state index contributed by atoms with van der Waals surface area (Å²) in [5, 5.41) is 3.04. The molecule has 1 unspecified atom stereocenters. The maximum absolute atomic E-state index is 14.4. The molecule has 6 nitrogen and oxygen atoms in total. The lowest BCUT2D eigenvalue weighted by molar-refractivity contribution is -0.948. The number of hydrogen-bond donors (Lipinski definition) is 2. The third kappa shape index (κ3) is 4.74. The first kappa shape index (κ1) is 22.1. The lowest BCUT2D eigenvalue weighted by atomic mass is 9.87. The first-order valence-corrected chi connectivity index (χ1v) is 10.1. The van der Waals surface area contributed by atoms with Crippen molar-refractivity contribution in [1.29, 1.82) is 0 Å². The monoisotopic (exact) mass is 417 g/mol. The van der Waals surface area contributed by atoms with E-state index in [9.17, 15) is 9.18 Å². The average molecular weight is 418 g/mol. The standard InChI is InChI=1S/C23H29FN2O4/c1-15(25-22(27)14-28-2)23-18-12-21(30-4)20(29-3)11-16(18)9-10-26(23)13-17-7-5-6-8-19(17)24/h5-8,11-12,15,23H,9-10,13-14H2,1-4H3,(H,25,27)/p+1/t15-,23-/m0/s1. The molecular weight excluding hydrogens is 387 g/mol. The Morgan fingerprint density at radius 3 is 2.57 bits per heavy atom. The summed E-state index contributed by atoms with van der Waals surface area (Å²) in [6, 6.07) is 10.6. The van der Waals surface area contributed by atoms with Gasteiger partial charge in [-0.25, -0.2) is 4.39 Å². The van der Waals surface area contributed by atoms with Crippen LogP contribution >= 0.6 is 0 Å². The van der Waals surface area contributed by atoms with E-state index in [1.54, 1.807) is 20.3 Å². The maximum atomic E-state index is 14.4. The summed E-state index contributed by atoms with van der Waals surface area (Å²) in [7, 11) is 4.72. The summed E-state index contributed by atoms with van der Waals surface area (Å²) >= 11 is 0. The molecule has 2 aromatic rings. The number of amides is 1. The zero-order chi connectivity index (χ0) is 21.7.